The number of esters is 1. The zero-order chi connectivity index (χ0) is 14.5. The summed E-state index contributed by atoms with van der Waals surface area (Å²) < 4.78 is 6.35. The summed E-state index contributed by atoms with van der Waals surface area (Å²) in [4.78, 5) is 36.1. The number of aliphatic hydroxyl groups is 1. The molecule has 1 N–H and O–H groups in total. The molecule has 6 nitrogen and oxygen atoms in total. The third kappa shape index (κ3) is 1.57. The van der Waals surface area contributed by atoms with Gasteiger partial charge in [-0.25, -0.2) is 4.79 Å². The molecule has 106 valence electrons. The molecule has 1 atom stereocenters. The number of hydrogen-bond acceptors (Lipinski definition) is 5. The quantitative estimate of drug-likeness (QED) is 0.795. The van der Waals surface area contributed by atoms with E-state index < -0.39 is 11.6 Å². The molecular weight excluding hydrogens is 262 g/mol. The highest BCUT2D eigenvalue weighted by atomic mass is 16.6. The van der Waals surface area contributed by atoms with Crippen molar-refractivity contribution in [1.29, 1.82) is 0 Å². The molecule has 2 aliphatic heterocycles. The smallest absolute Gasteiger partial charge is 0.343 e. The maximum Gasteiger partial charge on any atom is 0.343 e. The lowest BCUT2D eigenvalue weighted by molar-refractivity contribution is -0.172. The van der Waals surface area contributed by atoms with Crippen molar-refractivity contribution in [2.45, 2.75) is 44.9 Å². The molecule has 3 heterocycles. The number of carbonyl (C=O) groups excluding carboxylic acids is 2. The number of ether oxygens (including phenoxy) is 1. The van der Waals surface area contributed by atoms with Crippen LogP contribution in [-0.4, -0.2) is 21.4 Å². The van der Waals surface area contributed by atoms with E-state index in [0.717, 1.165) is 0 Å². The van der Waals surface area contributed by atoms with E-state index in [1.165, 1.54) is 10.6 Å². The number of ketones is 1. The van der Waals surface area contributed by atoms with Gasteiger partial charge in [-0.2, -0.15) is 0 Å². The van der Waals surface area contributed by atoms with Gasteiger partial charge in [0.15, 0.2) is 11.4 Å². The lowest BCUT2D eigenvalue weighted by Gasteiger charge is -2.32. The Morgan fingerprint density at radius 2 is 2.15 bits per heavy atom. The van der Waals surface area contributed by atoms with Crippen LogP contribution in [0.15, 0.2) is 10.9 Å². The van der Waals surface area contributed by atoms with Crippen molar-refractivity contribution in [2.24, 2.45) is 0 Å². The highest BCUT2D eigenvalue weighted by Crippen LogP contribution is 2.35. The van der Waals surface area contributed by atoms with E-state index >= 15 is 0 Å². The van der Waals surface area contributed by atoms with Crippen LogP contribution >= 0.6 is 0 Å². The van der Waals surface area contributed by atoms with Gasteiger partial charge in [0.25, 0.3) is 5.56 Å². The Morgan fingerprint density at radius 1 is 1.40 bits per heavy atom. The van der Waals surface area contributed by atoms with Gasteiger partial charge in [-0.1, -0.05) is 13.3 Å². The first-order valence-electron chi connectivity index (χ1n) is 6.69. The highest BCUT2D eigenvalue weighted by molar-refractivity contribution is 5.97. The number of cyclic esters (lactones) is 1. The number of Topliss-reactive ketones (excluding diaryl/α,β-unsaturated/α-hetero) is 1. The van der Waals surface area contributed by atoms with Crippen molar-refractivity contribution in [2.75, 3.05) is 0 Å². The Bertz CT molecular complexity index is 675. The zero-order valence-corrected chi connectivity index (χ0v) is 11.1. The van der Waals surface area contributed by atoms with Crippen LogP contribution in [0.4, 0.5) is 0 Å². The Kier molecular flexibility index (Phi) is 2.79. The second-order valence-electron chi connectivity index (χ2n) is 5.24. The number of aromatic nitrogens is 1. The van der Waals surface area contributed by atoms with E-state index in [2.05, 4.69) is 0 Å². The van der Waals surface area contributed by atoms with Crippen LogP contribution in [0.1, 0.15) is 47.8 Å². The predicted octanol–water partition coefficient (Wildman–Crippen LogP) is 0.479. The minimum atomic E-state index is -1.82. The average Bonchev–Trinajstić information content (AvgIpc) is 2.78. The van der Waals surface area contributed by atoms with Gasteiger partial charge < -0.3 is 14.4 Å². The Morgan fingerprint density at radius 3 is 2.85 bits per heavy atom. The molecule has 6 heteroatoms. The lowest BCUT2D eigenvalue weighted by atomic mass is 9.84. The molecule has 2 aliphatic rings. The average molecular weight is 277 g/mol. The molecule has 0 aliphatic carbocycles. The largest absolute Gasteiger partial charge is 0.458 e. The Labute approximate surface area is 115 Å². The molecule has 0 spiro atoms. The standard InChI is InChI=1S/C14H15NO5/c1-2-4-14(19)9-6-10-11(16)3-5-15(10)12(17)8(9)7-20-13(14)18/h6,19H,2-5,7H2,1H3/t14-/m0/s1. The number of carbonyl (C=O) groups is 2. The Balaban J connectivity index is 2.28. The zero-order valence-electron chi connectivity index (χ0n) is 11.1. The van der Waals surface area contributed by atoms with Crippen molar-refractivity contribution >= 4 is 11.8 Å². The van der Waals surface area contributed by atoms with Gasteiger partial charge in [-0.3, -0.25) is 9.59 Å². The van der Waals surface area contributed by atoms with Crippen LogP contribution < -0.4 is 5.56 Å². The maximum atomic E-state index is 12.4. The van der Waals surface area contributed by atoms with Crippen molar-refractivity contribution in [3.05, 3.63) is 33.2 Å². The molecule has 0 saturated carbocycles. The summed E-state index contributed by atoms with van der Waals surface area (Å²) in [6.07, 6.45) is 0.993. The molecule has 0 saturated heterocycles. The normalized spacial score (nSPS) is 24.3. The maximum absolute atomic E-state index is 12.4. The molecule has 0 aromatic carbocycles. The second kappa shape index (κ2) is 4.28. The van der Waals surface area contributed by atoms with E-state index in [4.69, 9.17) is 4.74 Å². The summed E-state index contributed by atoms with van der Waals surface area (Å²) >= 11 is 0. The number of fused-ring (bicyclic) bond motifs is 2. The van der Waals surface area contributed by atoms with E-state index in [-0.39, 0.29) is 47.6 Å². The monoisotopic (exact) mass is 277 g/mol. The minimum absolute atomic E-state index is 0.136. The van der Waals surface area contributed by atoms with Gasteiger partial charge in [0, 0.05) is 18.5 Å². The third-order valence-corrected chi connectivity index (χ3v) is 3.99. The number of nitrogens with zero attached hydrogens (tertiary/aromatic N) is 1. The van der Waals surface area contributed by atoms with E-state index in [1.807, 2.05) is 6.92 Å². The fourth-order valence-electron chi connectivity index (χ4n) is 2.96. The number of rotatable bonds is 2. The van der Waals surface area contributed by atoms with Gasteiger partial charge in [-0.05, 0) is 12.5 Å². The van der Waals surface area contributed by atoms with Gasteiger partial charge in [0.2, 0.25) is 0 Å². The lowest BCUT2D eigenvalue weighted by Crippen LogP contribution is -2.45. The van der Waals surface area contributed by atoms with Crippen LogP contribution in [0.25, 0.3) is 0 Å². The first kappa shape index (κ1) is 13.1. The summed E-state index contributed by atoms with van der Waals surface area (Å²) in [6, 6.07) is 1.49. The molecule has 20 heavy (non-hydrogen) atoms. The first-order chi connectivity index (χ1) is 9.49. The molecule has 0 fully saturated rings. The van der Waals surface area contributed by atoms with Crippen LogP contribution in [0, 0.1) is 0 Å². The van der Waals surface area contributed by atoms with Crippen molar-refractivity contribution < 1.29 is 19.4 Å². The summed E-state index contributed by atoms with van der Waals surface area (Å²) in [5, 5.41) is 10.6. The van der Waals surface area contributed by atoms with Crippen molar-refractivity contribution in [3.63, 3.8) is 0 Å². The molecule has 0 unspecified atom stereocenters. The van der Waals surface area contributed by atoms with E-state index in [9.17, 15) is 19.5 Å². The summed E-state index contributed by atoms with van der Waals surface area (Å²) in [5.74, 6) is -0.885. The first-order valence-corrected chi connectivity index (χ1v) is 6.69. The van der Waals surface area contributed by atoms with Crippen LogP contribution in [0.2, 0.25) is 0 Å². The summed E-state index contributed by atoms with van der Waals surface area (Å²) in [5.41, 5.74) is -1.37. The Hall–Kier alpha value is -1.95. The molecule has 0 radical (unpaired) electrons. The SMILES string of the molecule is CCC[C@@]1(O)C(=O)OCc2c1cc1n(c2=O)CCC1=O. The van der Waals surface area contributed by atoms with Crippen molar-refractivity contribution in [1.82, 2.24) is 4.57 Å². The van der Waals surface area contributed by atoms with Crippen molar-refractivity contribution in [3.8, 4) is 0 Å². The van der Waals surface area contributed by atoms with Gasteiger partial charge in [-0.15, -0.1) is 0 Å². The fourth-order valence-corrected chi connectivity index (χ4v) is 2.96. The molecular formula is C14H15NO5. The van der Waals surface area contributed by atoms with Gasteiger partial charge >= 0.3 is 5.97 Å². The van der Waals surface area contributed by atoms with Crippen LogP contribution in [0.3, 0.4) is 0 Å². The molecule has 1 aromatic rings. The third-order valence-electron chi connectivity index (χ3n) is 3.99. The molecule has 0 bridgehead atoms. The van der Waals surface area contributed by atoms with Crippen LogP contribution in [-0.2, 0) is 28.3 Å². The van der Waals surface area contributed by atoms with Crippen LogP contribution in [0.5, 0.6) is 0 Å². The van der Waals surface area contributed by atoms with Gasteiger partial charge in [0.1, 0.15) is 6.61 Å². The van der Waals surface area contributed by atoms with E-state index in [0.29, 0.717) is 13.0 Å². The van der Waals surface area contributed by atoms with Gasteiger partial charge in [0.05, 0.1) is 11.3 Å². The highest BCUT2D eigenvalue weighted by Gasteiger charge is 2.45. The minimum Gasteiger partial charge on any atom is -0.458 e. The topological polar surface area (TPSA) is 85.6 Å². The van der Waals surface area contributed by atoms with E-state index in [1.54, 1.807) is 0 Å². The predicted molar refractivity (Wildman–Crippen MR) is 68.3 cm³/mol. The summed E-state index contributed by atoms with van der Waals surface area (Å²) in [6.45, 7) is 2.03. The molecule has 1 aromatic heterocycles. The second-order valence-corrected chi connectivity index (χ2v) is 5.24. The number of hydrogen-bond donors (Lipinski definition) is 1. The molecule has 3 rings (SSSR count). The molecule has 0 amide bonds. The fraction of sp³-hybridized carbons (Fsp3) is 0.500. The summed E-state index contributed by atoms with van der Waals surface area (Å²) in [7, 11) is 0. The number of pyridine rings is 1.